The maximum absolute atomic E-state index is 12.9. The van der Waals surface area contributed by atoms with Crippen LogP contribution in [-0.2, 0) is 14.3 Å². The Bertz CT molecular complexity index is 1050. The molecule has 0 aliphatic carbocycles. The first kappa shape index (κ1) is 18.5. The number of likely N-dealkylation sites (tertiary alicyclic amines) is 1. The van der Waals surface area contributed by atoms with Crippen molar-refractivity contribution in [1.29, 1.82) is 0 Å². The van der Waals surface area contributed by atoms with E-state index in [0.29, 0.717) is 25.1 Å². The minimum atomic E-state index is -0.654. The first-order valence-corrected chi connectivity index (χ1v) is 9.88. The van der Waals surface area contributed by atoms with Crippen LogP contribution in [0.3, 0.4) is 0 Å². The molecule has 1 aliphatic rings. The van der Waals surface area contributed by atoms with E-state index < -0.39 is 17.7 Å². The third kappa shape index (κ3) is 3.02. The molecule has 0 saturated carbocycles. The Labute approximate surface area is 166 Å². The molecule has 1 fully saturated rings. The molecule has 2 aromatic heterocycles. The molecule has 28 heavy (non-hydrogen) atoms. The van der Waals surface area contributed by atoms with Crippen LogP contribution in [0, 0.1) is 0 Å². The van der Waals surface area contributed by atoms with Gasteiger partial charge >= 0.3 is 0 Å². The second-order valence-corrected chi connectivity index (χ2v) is 7.58. The molecule has 0 spiro atoms. The average Bonchev–Trinajstić information content (AvgIpc) is 3.42. The number of hydrogen-bond donors (Lipinski definition) is 2. The Balaban J connectivity index is 1.84. The zero-order valence-corrected chi connectivity index (χ0v) is 16.2. The molecule has 7 heteroatoms. The largest absolute Gasteiger partial charge is 0.507 e. The van der Waals surface area contributed by atoms with E-state index in [2.05, 4.69) is 4.98 Å². The van der Waals surface area contributed by atoms with Gasteiger partial charge in [-0.2, -0.15) is 0 Å². The quantitative estimate of drug-likeness (QED) is 0.288. The highest BCUT2D eigenvalue weighted by atomic mass is 32.1. The highest BCUT2D eigenvalue weighted by molar-refractivity contribution is 7.10. The number of H-pyrrole nitrogens is 1. The predicted octanol–water partition coefficient (Wildman–Crippen LogP) is 3.69. The number of aromatic nitrogens is 1. The van der Waals surface area contributed by atoms with Gasteiger partial charge in [0.05, 0.1) is 11.6 Å². The van der Waals surface area contributed by atoms with Crippen LogP contribution in [0.5, 0.6) is 0 Å². The predicted molar refractivity (Wildman–Crippen MR) is 108 cm³/mol. The molecule has 0 radical (unpaired) electrons. The summed E-state index contributed by atoms with van der Waals surface area (Å²) in [6.07, 6.45) is 2.28. The molecule has 1 aromatic carbocycles. The van der Waals surface area contributed by atoms with Crippen LogP contribution in [0.2, 0.25) is 0 Å². The van der Waals surface area contributed by atoms with Crippen molar-refractivity contribution < 1.29 is 19.4 Å². The number of amides is 1. The summed E-state index contributed by atoms with van der Waals surface area (Å²) in [5.41, 5.74) is 1.51. The fraction of sp³-hybridized carbons (Fsp3) is 0.238. The van der Waals surface area contributed by atoms with Gasteiger partial charge in [0, 0.05) is 47.8 Å². The third-order valence-electron chi connectivity index (χ3n) is 4.94. The van der Waals surface area contributed by atoms with Crippen LogP contribution < -0.4 is 0 Å². The van der Waals surface area contributed by atoms with E-state index in [1.807, 2.05) is 41.8 Å². The lowest BCUT2D eigenvalue weighted by Gasteiger charge is -2.23. The Hall–Kier alpha value is -2.90. The number of aliphatic hydroxyl groups excluding tert-OH is 1. The molecule has 1 atom stereocenters. The summed E-state index contributed by atoms with van der Waals surface area (Å²) in [6, 6.07) is 10.7. The number of hydrogen-bond acceptors (Lipinski definition) is 5. The second kappa shape index (κ2) is 7.61. The van der Waals surface area contributed by atoms with Gasteiger partial charge in [-0.15, -0.1) is 11.3 Å². The van der Waals surface area contributed by atoms with Crippen LogP contribution in [0.25, 0.3) is 16.7 Å². The standard InChI is InChI=1S/C21H20N2O4S/c1-27-10-5-9-23-18(16-8-4-11-28-16)17(20(25)21(23)26)19(24)14-12-22-15-7-3-2-6-13(14)15/h2-4,6-8,11-12,18,22,24H,5,9-10H2,1H3/b19-17-. The van der Waals surface area contributed by atoms with E-state index in [0.717, 1.165) is 15.8 Å². The second-order valence-electron chi connectivity index (χ2n) is 6.60. The highest BCUT2D eigenvalue weighted by Crippen LogP contribution is 2.41. The third-order valence-corrected chi connectivity index (χ3v) is 5.87. The van der Waals surface area contributed by atoms with Crippen molar-refractivity contribution in [3.8, 4) is 0 Å². The Morgan fingerprint density at radius 1 is 1.25 bits per heavy atom. The summed E-state index contributed by atoms with van der Waals surface area (Å²) in [7, 11) is 1.60. The number of ether oxygens (including phenoxy) is 1. The Morgan fingerprint density at radius 3 is 2.82 bits per heavy atom. The zero-order chi connectivity index (χ0) is 19.7. The molecule has 1 amide bonds. The molecule has 3 aromatic rings. The minimum absolute atomic E-state index is 0.134. The SMILES string of the molecule is COCCCN1C(=O)C(=O)/C(=C(\O)c2c[nH]c3ccccc23)C1c1cccs1. The van der Waals surface area contributed by atoms with Crippen LogP contribution in [0.1, 0.15) is 22.9 Å². The van der Waals surface area contributed by atoms with E-state index in [1.165, 1.54) is 16.2 Å². The number of nitrogens with one attached hydrogen (secondary N) is 1. The molecule has 1 aliphatic heterocycles. The first-order valence-electron chi connectivity index (χ1n) is 9.00. The number of aliphatic hydroxyl groups is 1. The number of fused-ring (bicyclic) bond motifs is 1. The number of benzene rings is 1. The Kier molecular flexibility index (Phi) is 5.02. The Morgan fingerprint density at radius 2 is 2.07 bits per heavy atom. The van der Waals surface area contributed by atoms with Gasteiger partial charge in [0.1, 0.15) is 5.76 Å². The average molecular weight is 396 g/mol. The van der Waals surface area contributed by atoms with Gasteiger partial charge in [0.15, 0.2) is 0 Å². The van der Waals surface area contributed by atoms with Crippen molar-refractivity contribution >= 4 is 39.7 Å². The van der Waals surface area contributed by atoms with Crippen molar-refractivity contribution in [2.24, 2.45) is 0 Å². The summed E-state index contributed by atoms with van der Waals surface area (Å²) in [6.45, 7) is 0.869. The molecular formula is C21H20N2O4S. The van der Waals surface area contributed by atoms with E-state index in [-0.39, 0.29) is 11.3 Å². The molecule has 4 rings (SSSR count). The first-order chi connectivity index (χ1) is 13.6. The number of methoxy groups -OCH3 is 1. The van der Waals surface area contributed by atoms with E-state index in [1.54, 1.807) is 13.3 Å². The summed E-state index contributed by atoms with van der Waals surface area (Å²) in [4.78, 5) is 31.1. The minimum Gasteiger partial charge on any atom is -0.507 e. The summed E-state index contributed by atoms with van der Waals surface area (Å²) in [5.74, 6) is -1.39. The molecule has 3 heterocycles. The number of Topliss-reactive ketones (excluding diaryl/α,β-unsaturated/α-hetero) is 1. The number of rotatable bonds is 6. The summed E-state index contributed by atoms with van der Waals surface area (Å²) < 4.78 is 5.09. The molecule has 6 nitrogen and oxygen atoms in total. The van der Waals surface area contributed by atoms with Crippen molar-refractivity contribution in [1.82, 2.24) is 9.88 Å². The maximum atomic E-state index is 12.9. The van der Waals surface area contributed by atoms with Gasteiger partial charge < -0.3 is 19.7 Å². The summed E-state index contributed by atoms with van der Waals surface area (Å²) in [5, 5.41) is 13.8. The molecule has 1 unspecified atom stereocenters. The fourth-order valence-corrected chi connectivity index (χ4v) is 4.49. The summed E-state index contributed by atoms with van der Waals surface area (Å²) >= 11 is 1.46. The highest BCUT2D eigenvalue weighted by Gasteiger charge is 2.46. The van der Waals surface area contributed by atoms with Crippen molar-refractivity contribution in [2.75, 3.05) is 20.3 Å². The topological polar surface area (TPSA) is 82.6 Å². The van der Waals surface area contributed by atoms with Crippen LogP contribution in [0.4, 0.5) is 0 Å². The fourth-order valence-electron chi connectivity index (χ4n) is 3.65. The van der Waals surface area contributed by atoms with Gasteiger partial charge in [-0.3, -0.25) is 9.59 Å². The lowest BCUT2D eigenvalue weighted by Crippen LogP contribution is -2.30. The van der Waals surface area contributed by atoms with Crippen molar-refractivity contribution in [3.05, 3.63) is 64.0 Å². The molecule has 144 valence electrons. The molecule has 2 N–H and O–H groups in total. The zero-order valence-electron chi connectivity index (χ0n) is 15.3. The van der Waals surface area contributed by atoms with Crippen LogP contribution >= 0.6 is 11.3 Å². The van der Waals surface area contributed by atoms with Crippen molar-refractivity contribution in [2.45, 2.75) is 12.5 Å². The molecule has 0 bridgehead atoms. The van der Waals surface area contributed by atoms with E-state index in [9.17, 15) is 14.7 Å². The van der Waals surface area contributed by atoms with Gasteiger partial charge in [0.2, 0.25) is 0 Å². The van der Waals surface area contributed by atoms with Gasteiger partial charge in [-0.05, 0) is 23.9 Å². The molecule has 1 saturated heterocycles. The van der Waals surface area contributed by atoms with Gasteiger partial charge in [0.25, 0.3) is 11.7 Å². The number of thiophene rings is 1. The number of carbonyl (C=O) groups excluding carboxylic acids is 2. The van der Waals surface area contributed by atoms with Gasteiger partial charge in [-0.25, -0.2) is 0 Å². The van der Waals surface area contributed by atoms with E-state index >= 15 is 0 Å². The van der Waals surface area contributed by atoms with Gasteiger partial charge in [-0.1, -0.05) is 24.3 Å². The lowest BCUT2D eigenvalue weighted by molar-refractivity contribution is -0.140. The number of nitrogens with zero attached hydrogens (tertiary/aromatic N) is 1. The normalized spacial score (nSPS) is 19.0. The monoisotopic (exact) mass is 396 g/mol. The number of carbonyl (C=O) groups is 2. The van der Waals surface area contributed by atoms with Crippen LogP contribution in [0.15, 0.2) is 53.5 Å². The number of ketones is 1. The number of aromatic amines is 1. The smallest absolute Gasteiger partial charge is 0.295 e. The van der Waals surface area contributed by atoms with E-state index in [4.69, 9.17) is 4.74 Å². The number of para-hydroxylation sites is 1. The van der Waals surface area contributed by atoms with Crippen LogP contribution in [-0.4, -0.2) is 46.9 Å². The maximum Gasteiger partial charge on any atom is 0.295 e. The molecular weight excluding hydrogens is 376 g/mol. The van der Waals surface area contributed by atoms with Crippen molar-refractivity contribution in [3.63, 3.8) is 0 Å². The lowest BCUT2D eigenvalue weighted by atomic mass is 9.99.